The van der Waals surface area contributed by atoms with Crippen molar-refractivity contribution in [1.82, 2.24) is 5.43 Å². The molecule has 24 heavy (non-hydrogen) atoms. The maximum atomic E-state index is 12.0. The van der Waals surface area contributed by atoms with E-state index in [-0.39, 0.29) is 5.91 Å². The van der Waals surface area contributed by atoms with Crippen LogP contribution in [0.25, 0.3) is 0 Å². The molecule has 1 amide bonds. The fourth-order valence-corrected chi connectivity index (χ4v) is 2.17. The van der Waals surface area contributed by atoms with Crippen molar-refractivity contribution in [3.63, 3.8) is 0 Å². The first-order chi connectivity index (χ1) is 11.5. The Kier molecular flexibility index (Phi) is 6.13. The molecule has 0 heterocycles. The summed E-state index contributed by atoms with van der Waals surface area (Å²) < 4.78 is 5.62. The Balaban J connectivity index is 1.87. The minimum Gasteiger partial charge on any atom is -0.481 e. The monoisotopic (exact) mass is 324 g/mol. The third kappa shape index (κ3) is 5.23. The molecule has 2 rings (SSSR count). The van der Waals surface area contributed by atoms with Crippen LogP contribution in [0.2, 0.25) is 0 Å². The van der Waals surface area contributed by atoms with Crippen LogP contribution in [0.15, 0.2) is 53.6 Å². The van der Waals surface area contributed by atoms with Crippen molar-refractivity contribution in [3.05, 3.63) is 65.2 Å². The van der Waals surface area contributed by atoms with E-state index >= 15 is 0 Å². The lowest BCUT2D eigenvalue weighted by atomic mass is 10.0. The van der Waals surface area contributed by atoms with E-state index in [2.05, 4.69) is 36.5 Å². The van der Waals surface area contributed by atoms with Gasteiger partial charge in [0.25, 0.3) is 5.91 Å². The van der Waals surface area contributed by atoms with Gasteiger partial charge in [0.15, 0.2) is 6.10 Å². The van der Waals surface area contributed by atoms with E-state index in [1.165, 1.54) is 5.56 Å². The van der Waals surface area contributed by atoms with Gasteiger partial charge < -0.3 is 4.74 Å². The van der Waals surface area contributed by atoms with E-state index < -0.39 is 6.10 Å². The van der Waals surface area contributed by atoms with Crippen molar-refractivity contribution in [1.29, 1.82) is 0 Å². The Hall–Kier alpha value is -2.62. The molecule has 1 N–H and O–H groups in total. The highest BCUT2D eigenvalue weighted by Crippen LogP contribution is 2.15. The normalized spacial score (nSPS) is 12.4. The second kappa shape index (κ2) is 8.29. The molecular formula is C20H24N2O2. The first-order valence-electron chi connectivity index (χ1n) is 8.12. The van der Waals surface area contributed by atoms with E-state index in [9.17, 15) is 4.79 Å². The summed E-state index contributed by atoms with van der Waals surface area (Å²) >= 11 is 0. The summed E-state index contributed by atoms with van der Waals surface area (Å²) in [5, 5.41) is 3.99. The maximum Gasteiger partial charge on any atom is 0.280 e. The molecule has 0 aliphatic carbocycles. The van der Waals surface area contributed by atoms with Crippen LogP contribution in [0.3, 0.4) is 0 Å². The van der Waals surface area contributed by atoms with Crippen molar-refractivity contribution in [2.24, 2.45) is 5.10 Å². The highest BCUT2D eigenvalue weighted by Gasteiger charge is 2.13. The zero-order valence-electron chi connectivity index (χ0n) is 14.6. The number of hydrazone groups is 1. The van der Waals surface area contributed by atoms with Crippen molar-refractivity contribution in [3.8, 4) is 5.75 Å². The largest absolute Gasteiger partial charge is 0.481 e. The first kappa shape index (κ1) is 17.7. The van der Waals surface area contributed by atoms with Gasteiger partial charge in [-0.3, -0.25) is 4.79 Å². The standard InChI is InChI=1S/C20H24N2O2/c1-14(2)18-10-8-17(9-11-18)13-21-22-20(23)16(4)24-19-7-5-6-15(3)12-19/h5-14,16H,1-4H3,(H,22,23)/b21-13-/t16-/m0/s1. The van der Waals surface area contributed by atoms with Gasteiger partial charge in [-0.1, -0.05) is 50.2 Å². The molecule has 4 heteroatoms. The predicted octanol–water partition coefficient (Wildman–Crippen LogP) is 4.04. The summed E-state index contributed by atoms with van der Waals surface area (Å²) in [6.45, 7) is 7.98. The second-order valence-corrected chi connectivity index (χ2v) is 6.13. The molecule has 126 valence electrons. The fourth-order valence-electron chi connectivity index (χ4n) is 2.17. The SMILES string of the molecule is Cc1cccc(O[C@@H](C)C(=O)N/N=C\c2ccc(C(C)C)cc2)c1. The summed E-state index contributed by atoms with van der Waals surface area (Å²) in [4.78, 5) is 12.0. The summed E-state index contributed by atoms with van der Waals surface area (Å²) in [7, 11) is 0. The van der Waals surface area contributed by atoms with E-state index in [1.54, 1.807) is 13.1 Å². The van der Waals surface area contributed by atoms with Crippen LogP contribution in [-0.2, 0) is 4.79 Å². The summed E-state index contributed by atoms with van der Waals surface area (Å²) in [5.74, 6) is 0.882. The van der Waals surface area contributed by atoms with Gasteiger partial charge in [-0.25, -0.2) is 5.43 Å². The number of hydrogen-bond donors (Lipinski definition) is 1. The quantitative estimate of drug-likeness (QED) is 0.644. The highest BCUT2D eigenvalue weighted by molar-refractivity contribution is 5.84. The van der Waals surface area contributed by atoms with Crippen LogP contribution in [0.4, 0.5) is 0 Å². The molecule has 0 aromatic heterocycles. The smallest absolute Gasteiger partial charge is 0.280 e. The Bertz CT molecular complexity index is 706. The molecule has 0 aliphatic heterocycles. The number of carbonyl (C=O) groups is 1. The second-order valence-electron chi connectivity index (χ2n) is 6.13. The molecule has 2 aromatic rings. The molecule has 0 bridgehead atoms. The average molecular weight is 324 g/mol. The highest BCUT2D eigenvalue weighted by atomic mass is 16.5. The third-order valence-electron chi connectivity index (χ3n) is 3.66. The van der Waals surface area contributed by atoms with Crippen molar-refractivity contribution < 1.29 is 9.53 Å². The molecule has 2 aromatic carbocycles. The molecule has 0 saturated heterocycles. The van der Waals surface area contributed by atoms with Crippen molar-refractivity contribution in [2.45, 2.75) is 39.7 Å². The van der Waals surface area contributed by atoms with Gasteiger partial charge in [-0.15, -0.1) is 0 Å². The van der Waals surface area contributed by atoms with Gasteiger partial charge >= 0.3 is 0 Å². The molecule has 0 fully saturated rings. The van der Waals surface area contributed by atoms with Crippen LogP contribution in [0.5, 0.6) is 5.75 Å². The predicted molar refractivity (Wildman–Crippen MR) is 97.5 cm³/mol. The van der Waals surface area contributed by atoms with Crippen LogP contribution in [0, 0.1) is 6.92 Å². The molecule has 0 radical (unpaired) electrons. The molecular weight excluding hydrogens is 300 g/mol. The molecule has 4 nitrogen and oxygen atoms in total. The molecule has 1 atom stereocenters. The maximum absolute atomic E-state index is 12.0. The van der Waals surface area contributed by atoms with Crippen LogP contribution in [0.1, 0.15) is 43.4 Å². The topological polar surface area (TPSA) is 50.7 Å². The minimum absolute atomic E-state index is 0.286. The zero-order valence-corrected chi connectivity index (χ0v) is 14.6. The number of nitrogens with zero attached hydrogens (tertiary/aromatic N) is 1. The summed E-state index contributed by atoms with van der Waals surface area (Å²) in [6.07, 6.45) is 1.01. The van der Waals surface area contributed by atoms with Crippen LogP contribution < -0.4 is 10.2 Å². The lowest BCUT2D eigenvalue weighted by molar-refractivity contribution is -0.127. The van der Waals surface area contributed by atoms with Crippen LogP contribution in [-0.4, -0.2) is 18.2 Å². The number of aryl methyl sites for hydroxylation is 1. The van der Waals surface area contributed by atoms with E-state index in [0.29, 0.717) is 11.7 Å². The number of carbonyl (C=O) groups excluding carboxylic acids is 1. The fraction of sp³-hybridized carbons (Fsp3) is 0.300. The van der Waals surface area contributed by atoms with Gasteiger partial charge in [0, 0.05) is 0 Å². The van der Waals surface area contributed by atoms with E-state index in [1.807, 2.05) is 43.3 Å². The molecule has 0 saturated carbocycles. The third-order valence-corrected chi connectivity index (χ3v) is 3.66. The minimum atomic E-state index is -0.618. The number of ether oxygens (including phenoxy) is 1. The molecule has 0 aliphatic rings. The lowest BCUT2D eigenvalue weighted by Crippen LogP contribution is -2.33. The number of amides is 1. The van der Waals surface area contributed by atoms with Crippen LogP contribution >= 0.6 is 0 Å². The Morgan fingerprint density at radius 1 is 1.12 bits per heavy atom. The van der Waals surface area contributed by atoms with Gasteiger partial charge in [0.1, 0.15) is 5.75 Å². The Morgan fingerprint density at radius 2 is 1.83 bits per heavy atom. The average Bonchev–Trinajstić information content (AvgIpc) is 2.55. The number of hydrogen-bond acceptors (Lipinski definition) is 3. The van der Waals surface area contributed by atoms with Crippen molar-refractivity contribution >= 4 is 12.1 Å². The van der Waals surface area contributed by atoms with Gasteiger partial charge in [-0.05, 0) is 48.6 Å². The Morgan fingerprint density at radius 3 is 2.46 bits per heavy atom. The number of rotatable bonds is 6. The van der Waals surface area contributed by atoms with Crippen molar-refractivity contribution in [2.75, 3.05) is 0 Å². The van der Waals surface area contributed by atoms with Gasteiger partial charge in [-0.2, -0.15) is 5.10 Å². The number of nitrogens with one attached hydrogen (secondary N) is 1. The molecule has 0 spiro atoms. The van der Waals surface area contributed by atoms with Gasteiger partial charge in [0.2, 0.25) is 0 Å². The number of benzene rings is 2. The lowest BCUT2D eigenvalue weighted by Gasteiger charge is -2.13. The summed E-state index contributed by atoms with van der Waals surface area (Å²) in [5.41, 5.74) is 5.81. The first-order valence-corrected chi connectivity index (χ1v) is 8.12. The Labute approximate surface area is 143 Å². The van der Waals surface area contributed by atoms with E-state index in [0.717, 1.165) is 11.1 Å². The zero-order chi connectivity index (χ0) is 17.5. The van der Waals surface area contributed by atoms with Gasteiger partial charge in [0.05, 0.1) is 6.21 Å². The van der Waals surface area contributed by atoms with E-state index in [4.69, 9.17) is 4.74 Å². The molecule has 0 unspecified atom stereocenters. The summed E-state index contributed by atoms with van der Waals surface area (Å²) in [6, 6.07) is 15.7.